The molecule has 0 aliphatic heterocycles. The monoisotopic (exact) mass is 569 g/mol. The van der Waals surface area contributed by atoms with E-state index in [2.05, 4.69) is 15.6 Å². The van der Waals surface area contributed by atoms with E-state index in [0.29, 0.717) is 28.5 Å². The molecule has 0 bridgehead atoms. The van der Waals surface area contributed by atoms with Gasteiger partial charge in [-0.05, 0) is 41.3 Å². The number of nitrogen functional groups attached to an aromatic ring is 1. The fourth-order valence-electron chi connectivity index (χ4n) is 4.59. The van der Waals surface area contributed by atoms with Crippen LogP contribution in [0, 0.1) is 0 Å². The summed E-state index contributed by atoms with van der Waals surface area (Å²) in [6.45, 7) is 0.0390. The third kappa shape index (κ3) is 5.61. The van der Waals surface area contributed by atoms with Gasteiger partial charge in [0.2, 0.25) is 5.91 Å². The Kier molecular flexibility index (Phi) is 7.70. The predicted molar refractivity (Wildman–Crippen MR) is 161 cm³/mol. The van der Waals surface area contributed by atoms with Gasteiger partial charge in [0.15, 0.2) is 0 Å². The van der Waals surface area contributed by atoms with Crippen LogP contribution in [0.4, 0.5) is 11.5 Å². The zero-order chi connectivity index (χ0) is 29.1. The van der Waals surface area contributed by atoms with Crippen LogP contribution in [0.3, 0.4) is 0 Å². The first-order valence-corrected chi connectivity index (χ1v) is 13.5. The highest BCUT2D eigenvalue weighted by atomic mass is 32.1. The van der Waals surface area contributed by atoms with Crippen LogP contribution in [0.15, 0.2) is 66.2 Å². The van der Waals surface area contributed by atoms with Crippen molar-refractivity contribution >= 4 is 67.7 Å². The molecule has 0 fully saturated rings. The van der Waals surface area contributed by atoms with Gasteiger partial charge in [-0.2, -0.15) is 0 Å². The van der Waals surface area contributed by atoms with Crippen molar-refractivity contribution in [3.05, 3.63) is 77.4 Å². The van der Waals surface area contributed by atoms with Crippen molar-refractivity contribution in [2.24, 2.45) is 7.05 Å². The van der Waals surface area contributed by atoms with E-state index < -0.39 is 11.9 Å². The number of carboxylic acids is 1. The van der Waals surface area contributed by atoms with Crippen LogP contribution in [0.5, 0.6) is 5.75 Å². The molecule has 0 aliphatic rings. The zero-order valence-electron chi connectivity index (χ0n) is 22.3. The summed E-state index contributed by atoms with van der Waals surface area (Å²) in [6.07, 6.45) is 4.39. The number of amides is 2. The maximum Gasteiger partial charge on any atom is 0.305 e. The van der Waals surface area contributed by atoms with Gasteiger partial charge in [-0.25, -0.2) is 4.98 Å². The Morgan fingerprint density at radius 2 is 1.98 bits per heavy atom. The van der Waals surface area contributed by atoms with Gasteiger partial charge in [-0.3, -0.25) is 14.4 Å². The molecule has 5 aromatic rings. The lowest BCUT2D eigenvalue weighted by atomic mass is 10.0. The van der Waals surface area contributed by atoms with Gasteiger partial charge in [-0.15, -0.1) is 11.3 Å². The largest absolute Gasteiger partial charge is 0.495 e. The third-order valence-corrected chi connectivity index (χ3v) is 7.68. The fourth-order valence-corrected chi connectivity index (χ4v) is 5.67. The molecule has 5 N–H and O–H groups in total. The highest BCUT2D eigenvalue weighted by Gasteiger charge is 2.18. The van der Waals surface area contributed by atoms with Crippen LogP contribution in [-0.4, -0.2) is 46.1 Å². The van der Waals surface area contributed by atoms with Crippen LogP contribution in [-0.2, 0) is 16.6 Å². The van der Waals surface area contributed by atoms with Crippen molar-refractivity contribution in [3.63, 3.8) is 0 Å². The fraction of sp³-hybridized carbons (Fsp3) is 0.133. The number of pyridine rings is 1. The molecule has 3 aromatic heterocycles. The number of aromatic nitrogens is 2. The molecular weight excluding hydrogens is 542 g/mol. The second-order valence-electron chi connectivity index (χ2n) is 9.24. The second-order valence-corrected chi connectivity index (χ2v) is 10.1. The topological polar surface area (TPSA) is 149 Å². The Bertz CT molecular complexity index is 1840. The number of aliphatic carboxylic acids is 1. The lowest BCUT2D eigenvalue weighted by molar-refractivity contribution is -0.136. The molecule has 11 heteroatoms. The lowest BCUT2D eigenvalue weighted by Gasteiger charge is -2.13. The number of hydrogen-bond acceptors (Lipinski definition) is 7. The maximum atomic E-state index is 13.2. The number of fused-ring (bicyclic) bond motifs is 2. The average molecular weight is 570 g/mol. The molecule has 0 aliphatic carbocycles. The molecule has 5 rings (SSSR count). The highest BCUT2D eigenvalue weighted by molar-refractivity contribution is 7.18. The zero-order valence-corrected chi connectivity index (χ0v) is 23.1. The number of aryl methyl sites for hydroxylation is 1. The number of para-hydroxylation sites is 1. The minimum atomic E-state index is -0.985. The smallest absolute Gasteiger partial charge is 0.305 e. The Balaban J connectivity index is 1.41. The van der Waals surface area contributed by atoms with Gasteiger partial charge in [0.1, 0.15) is 17.3 Å². The number of nitrogens with two attached hydrogens (primary N) is 1. The number of rotatable bonds is 9. The van der Waals surface area contributed by atoms with Crippen molar-refractivity contribution in [3.8, 4) is 16.9 Å². The van der Waals surface area contributed by atoms with Crippen molar-refractivity contribution < 1.29 is 24.2 Å². The van der Waals surface area contributed by atoms with Crippen molar-refractivity contribution in [2.75, 3.05) is 24.7 Å². The summed E-state index contributed by atoms with van der Waals surface area (Å²) in [5.74, 6) is -0.825. The standard InChI is InChI=1S/C30H27N5O5S/c1-35-22-6-4-3-5-18(22)13-23(35)30(39)34-21-9-7-17(14-24(21)40-2)20-16-41-28-19(15-33-29(31)27(20)28)8-10-25(36)32-12-11-26(37)38/h3-10,13-16H,11-12H2,1-2H3,(H2,31,33)(H,32,36)(H,34,39)(H,37,38). The Hall–Kier alpha value is -5.16. The van der Waals surface area contributed by atoms with E-state index in [1.807, 2.05) is 59.5 Å². The van der Waals surface area contributed by atoms with Gasteiger partial charge < -0.3 is 30.8 Å². The van der Waals surface area contributed by atoms with Crippen LogP contribution in [0.2, 0.25) is 0 Å². The average Bonchev–Trinajstić information content (AvgIpc) is 3.55. The van der Waals surface area contributed by atoms with Crippen LogP contribution >= 0.6 is 11.3 Å². The first kappa shape index (κ1) is 27.4. The summed E-state index contributed by atoms with van der Waals surface area (Å²) in [7, 11) is 3.39. The molecule has 0 saturated heterocycles. The number of methoxy groups -OCH3 is 1. The molecule has 41 heavy (non-hydrogen) atoms. The minimum absolute atomic E-state index is 0.0390. The van der Waals surface area contributed by atoms with Gasteiger partial charge in [0, 0.05) is 58.0 Å². The van der Waals surface area contributed by atoms with Gasteiger partial charge >= 0.3 is 5.97 Å². The highest BCUT2D eigenvalue weighted by Crippen LogP contribution is 2.41. The number of nitrogens with zero attached hydrogens (tertiary/aromatic N) is 2. The minimum Gasteiger partial charge on any atom is -0.495 e. The molecule has 0 unspecified atom stereocenters. The first-order chi connectivity index (χ1) is 19.8. The molecular formula is C30H27N5O5S. The van der Waals surface area contributed by atoms with E-state index in [0.717, 1.165) is 32.1 Å². The number of hydrogen-bond donors (Lipinski definition) is 4. The maximum absolute atomic E-state index is 13.2. The number of anilines is 2. The number of carbonyl (C=O) groups excluding carboxylic acids is 2. The molecule has 2 amide bonds. The van der Waals surface area contributed by atoms with Crippen LogP contribution in [0.1, 0.15) is 22.5 Å². The lowest BCUT2D eigenvalue weighted by Crippen LogP contribution is -2.23. The number of ether oxygens (including phenoxy) is 1. The summed E-state index contributed by atoms with van der Waals surface area (Å²) in [4.78, 5) is 40.2. The number of nitrogens with one attached hydrogen (secondary N) is 2. The summed E-state index contributed by atoms with van der Waals surface area (Å²) >= 11 is 1.46. The predicted octanol–water partition coefficient (Wildman–Crippen LogP) is 4.90. The Morgan fingerprint density at radius 3 is 2.73 bits per heavy atom. The normalized spacial score (nSPS) is 11.3. The van der Waals surface area contributed by atoms with E-state index >= 15 is 0 Å². The molecule has 2 aromatic carbocycles. The van der Waals surface area contributed by atoms with E-state index in [9.17, 15) is 14.4 Å². The summed E-state index contributed by atoms with van der Waals surface area (Å²) < 4.78 is 8.32. The Labute approximate surface area is 239 Å². The number of carboxylic acid groups (broad SMARTS) is 1. The summed E-state index contributed by atoms with van der Waals surface area (Å²) in [6, 6.07) is 15.1. The van der Waals surface area contributed by atoms with Crippen molar-refractivity contribution in [1.82, 2.24) is 14.9 Å². The molecule has 0 radical (unpaired) electrons. The Morgan fingerprint density at radius 1 is 1.17 bits per heavy atom. The van der Waals surface area contributed by atoms with E-state index in [-0.39, 0.29) is 18.9 Å². The number of thiophene rings is 1. The quantitative estimate of drug-likeness (QED) is 0.185. The second kappa shape index (κ2) is 11.5. The number of carbonyl (C=O) groups is 3. The van der Waals surface area contributed by atoms with Gasteiger partial charge in [-0.1, -0.05) is 24.3 Å². The summed E-state index contributed by atoms with van der Waals surface area (Å²) in [5, 5.41) is 17.9. The molecule has 3 heterocycles. The van der Waals surface area contributed by atoms with E-state index in [1.54, 1.807) is 18.3 Å². The molecule has 0 spiro atoms. The van der Waals surface area contributed by atoms with E-state index in [4.69, 9.17) is 15.6 Å². The van der Waals surface area contributed by atoms with Gasteiger partial charge in [0.05, 0.1) is 19.2 Å². The third-order valence-electron chi connectivity index (χ3n) is 6.65. The SMILES string of the molecule is COc1cc(-c2csc3c(C=CC(=O)NCCC(=O)O)cnc(N)c23)ccc1NC(=O)c1cc2ccccc2n1C. The van der Waals surface area contributed by atoms with Crippen molar-refractivity contribution in [1.29, 1.82) is 0 Å². The van der Waals surface area contributed by atoms with E-state index in [1.165, 1.54) is 24.5 Å². The van der Waals surface area contributed by atoms with Crippen LogP contribution < -0.4 is 21.1 Å². The van der Waals surface area contributed by atoms with Crippen molar-refractivity contribution in [2.45, 2.75) is 6.42 Å². The van der Waals surface area contributed by atoms with Crippen LogP contribution in [0.25, 0.3) is 38.2 Å². The van der Waals surface area contributed by atoms with Gasteiger partial charge in [0.25, 0.3) is 5.91 Å². The first-order valence-electron chi connectivity index (χ1n) is 12.6. The summed E-state index contributed by atoms with van der Waals surface area (Å²) in [5.41, 5.74) is 10.6. The number of benzene rings is 2. The molecule has 0 saturated carbocycles. The molecule has 0 atom stereocenters. The molecule has 208 valence electrons. The molecule has 10 nitrogen and oxygen atoms in total.